The third-order valence-electron chi connectivity index (χ3n) is 14.8. The van der Waals surface area contributed by atoms with Crippen LogP contribution in [0.3, 0.4) is 0 Å². The number of aliphatic hydroxyl groups is 3. The molecule has 29 heteroatoms. The first-order valence-electron chi connectivity index (χ1n) is 34.0. The summed E-state index contributed by atoms with van der Waals surface area (Å²) in [4.78, 5) is 43.5. The van der Waals surface area contributed by atoms with E-state index in [0.717, 1.165) is 67.6 Å². The Bertz CT molecular complexity index is 3500. The molecule has 6 aromatic rings. The van der Waals surface area contributed by atoms with Gasteiger partial charge in [-0.15, -0.1) is 0 Å². The van der Waals surface area contributed by atoms with Crippen molar-refractivity contribution in [1.29, 1.82) is 0 Å². The predicted octanol–water partition coefficient (Wildman–Crippen LogP) is 9.50. The monoisotopic (exact) mass is 1740 g/mol. The molecule has 7 atom stereocenters. The zero-order valence-electron chi connectivity index (χ0n) is 63.1. The molecule has 0 heterocycles. The van der Waals surface area contributed by atoms with Crippen molar-refractivity contribution in [2.75, 3.05) is 19.6 Å². The van der Waals surface area contributed by atoms with E-state index in [9.17, 15) is 56.0 Å². The number of halogens is 9. The van der Waals surface area contributed by atoms with Crippen LogP contribution in [0.25, 0.3) is 0 Å². The van der Waals surface area contributed by atoms with Gasteiger partial charge in [-0.05, 0) is 176 Å². The molecule has 6 rings (SSSR count). The van der Waals surface area contributed by atoms with Crippen molar-refractivity contribution in [3.05, 3.63) is 208 Å². The third kappa shape index (κ3) is 50.4. The number of carbonyl (C=O) groups is 3. The second-order valence-corrected chi connectivity index (χ2v) is 31.7. The Morgan fingerprint density at radius 3 is 0.923 bits per heavy atom. The van der Waals surface area contributed by atoms with Crippen LogP contribution in [0.2, 0.25) is 0 Å². The van der Waals surface area contributed by atoms with E-state index < -0.39 is 79.6 Å². The zero-order chi connectivity index (χ0) is 78.5. The van der Waals surface area contributed by atoms with Crippen LogP contribution in [0, 0.1) is 51.1 Å². The fourth-order valence-electron chi connectivity index (χ4n) is 10.2. The Labute approximate surface area is 725 Å². The van der Waals surface area contributed by atoms with Crippen molar-refractivity contribution >= 4 is 137 Å². The van der Waals surface area contributed by atoms with Crippen LogP contribution in [0.5, 0.6) is 0 Å². The van der Waals surface area contributed by atoms with Crippen LogP contribution in [0.15, 0.2) is 123 Å². The molecule has 0 aliphatic heterocycles. The van der Waals surface area contributed by atoms with Crippen LogP contribution in [0.4, 0.5) is 26.3 Å². The van der Waals surface area contributed by atoms with E-state index in [1.54, 1.807) is 0 Å². The average Bonchev–Trinajstić information content (AvgIpc) is 0.876. The number of amides is 3. The van der Waals surface area contributed by atoms with Gasteiger partial charge in [-0.3, -0.25) is 14.4 Å². The molecular formula is C75H101Br3F6K3N6O10P. The molecule has 1 unspecified atom stereocenters. The third-order valence-corrected chi connectivity index (χ3v) is 16.3. The quantitative estimate of drug-likeness (QED) is 0.00730. The molecule has 16 nitrogen and oxygen atoms in total. The van der Waals surface area contributed by atoms with Gasteiger partial charge in [-0.1, -0.05) is 155 Å². The normalized spacial score (nSPS) is 13.0. The number of aliphatic hydroxyl groups excluding tert-OH is 3. The van der Waals surface area contributed by atoms with Gasteiger partial charge in [-0.25, -0.2) is 31.0 Å². The predicted molar refractivity (Wildman–Crippen MR) is 404 cm³/mol. The second-order valence-electron chi connectivity index (χ2n) is 28.4. The van der Waals surface area contributed by atoms with Crippen molar-refractivity contribution in [3.63, 3.8) is 0 Å². The minimum atomic E-state index is -3.15. The Morgan fingerprint density at radius 2 is 0.673 bits per heavy atom. The van der Waals surface area contributed by atoms with E-state index in [4.69, 9.17) is 14.7 Å². The van der Waals surface area contributed by atoms with Crippen LogP contribution in [0.1, 0.15) is 153 Å². The van der Waals surface area contributed by atoms with Gasteiger partial charge in [0.2, 0.25) is 17.7 Å². The van der Waals surface area contributed by atoms with E-state index >= 15 is 0 Å². The van der Waals surface area contributed by atoms with Crippen LogP contribution in [-0.4, -0.2) is 152 Å². The fraction of sp³-hybridized carbons (Fsp3) is 0.480. The van der Waals surface area contributed by atoms with Gasteiger partial charge in [0, 0.05) is 91.7 Å². The van der Waals surface area contributed by atoms with Gasteiger partial charge in [0.25, 0.3) is 0 Å². The van der Waals surface area contributed by atoms with Crippen LogP contribution < -0.4 is 93.4 Å². The van der Waals surface area contributed by atoms with Crippen molar-refractivity contribution < 1.29 is 127 Å². The summed E-state index contributed by atoms with van der Waals surface area (Å²) in [6.07, 6.45) is 1.69. The Hall–Kier alpha value is -0.601. The molecule has 0 aliphatic carbocycles. The van der Waals surface area contributed by atoms with E-state index in [0.29, 0.717) is 41.7 Å². The molecule has 0 aromatic heterocycles. The van der Waals surface area contributed by atoms with Gasteiger partial charge in [0.05, 0.1) is 36.4 Å². The van der Waals surface area contributed by atoms with Crippen LogP contribution >= 0.6 is 56.0 Å². The number of aryl methyl sites for hydroxylation is 1. The van der Waals surface area contributed by atoms with E-state index in [1.165, 1.54) is 143 Å². The van der Waals surface area contributed by atoms with Gasteiger partial charge in [-0.2, -0.15) is 0 Å². The number of rotatable bonds is 28. The van der Waals surface area contributed by atoms with Crippen molar-refractivity contribution in [2.45, 2.75) is 198 Å². The molecule has 3 amide bonds. The molecule has 0 bridgehead atoms. The molecule has 0 aliphatic rings. The molecule has 0 spiro atoms. The van der Waals surface area contributed by atoms with Gasteiger partial charge >= 0.3 is 123 Å². The summed E-state index contributed by atoms with van der Waals surface area (Å²) in [6.45, 7) is 30.6. The van der Waals surface area contributed by atoms with Gasteiger partial charge in [0.1, 0.15) is 34.9 Å². The average molecular weight is 1750 g/mol. The summed E-state index contributed by atoms with van der Waals surface area (Å²) in [6, 6.07) is 26.2. The molecule has 104 heavy (non-hydrogen) atoms. The van der Waals surface area contributed by atoms with E-state index in [2.05, 4.69) is 191 Å². The molecule has 562 valence electrons. The van der Waals surface area contributed by atoms with Crippen molar-refractivity contribution in [2.24, 2.45) is 16.2 Å². The van der Waals surface area contributed by atoms with Gasteiger partial charge in [0.15, 0.2) is 0 Å². The van der Waals surface area contributed by atoms with Crippen molar-refractivity contribution in [3.8, 4) is 0 Å². The van der Waals surface area contributed by atoms with Crippen LogP contribution in [-0.2, 0) is 81.8 Å². The first-order chi connectivity index (χ1) is 47.9. The minimum absolute atomic E-state index is 0. The number of carbonyl (C=O) groups excluding carboxylic acids is 3. The Balaban J connectivity index is 0.00000140. The summed E-state index contributed by atoms with van der Waals surface area (Å²) < 4.78 is 95.0. The molecule has 0 radical (unpaired) electrons. The maximum atomic E-state index is 13.5. The Kier molecular flexibility index (Phi) is 53.9. The molecule has 9 N–H and O–H groups in total. The van der Waals surface area contributed by atoms with Gasteiger partial charge < -0.3 is 57.4 Å². The number of hydrogen-bond acceptors (Lipinski definition) is 13. The summed E-state index contributed by atoms with van der Waals surface area (Å²) in [5.41, 5.74) is 9.02. The number of hydrogen-bond donors (Lipinski definition) is 9. The first-order valence-corrected chi connectivity index (χ1v) is 53.5. The SMILES string of the molecule is CC(=O)N[C@@H](Cc1cc(F)cc(F)c1)[C@H](O)CNCc1cc(Br)cc(Br)c1.CC(=O)N[C@@H](Cc1cc(F)cc(F)c1)[C@H](O)CNCc1cc(Br)cc(CC(C)(C)C)c1.CCC(C)(C)C.CCc1cc(CNC[C@@H](O)[C@H](Cc2cc(F)cc(F)c2)NC(C)=O)cc(CC(C)(C)C)c1.O=[P+]([O-])O[O-].[K+].[K][K]. The summed E-state index contributed by atoms with van der Waals surface area (Å²) in [7, 11) is -3.15. The number of benzene rings is 6. The standard InChI is InChI=1S/C26H36F2N2O2.C24H31BrF2N2O2.C19H20Br2F2N2O2.C6H14.3K.HO4P/c1-6-18-7-20(14-26(3,4)5)9-21(8-18)15-29-16-25(32)24(30-17(2)31)12-19-10-22(27)13-23(28)11-19;1-15(30)29-22(10-16-8-20(26)11-21(27)9-16)23(31)14-28-13-18-5-17(6-19(25)7-18)12-24(2,3)4;1-11(26)25-18(6-12-4-16(22)8-17(23)5-12)19(27)10-24-9-13-2-14(20)7-15(21)3-13;1-5-6(2,3)4;;;;1-4-5(2)3/h7-11,13,24-25,29,32H,6,12,14-16H2,1-5H3,(H,30,31);5-9,11,22-23,28,31H,10,12-14H2,1-4H3,(H,29,30);2-5,7-8,18-19,24,27H,6,9-10H2,1H3,(H,25,26);5H2,1-4H3;;;;1H/q;;;;;;+1;/p-1/t24-,25+;22-,23+;18-,19+;;;;;/m000...../s1. The first kappa shape index (κ1) is 103. The maximum absolute atomic E-state index is 13.5. The molecule has 0 saturated heterocycles. The molecule has 0 fully saturated rings. The number of nitrogens with one attached hydrogen (secondary N) is 6. The summed E-state index contributed by atoms with van der Waals surface area (Å²) >= 11 is 12.9. The summed E-state index contributed by atoms with van der Waals surface area (Å²) in [5, 5.41) is 57.9. The topological polar surface area (TPSA) is 256 Å². The van der Waals surface area contributed by atoms with Crippen molar-refractivity contribution in [1.82, 2.24) is 31.9 Å². The summed E-state index contributed by atoms with van der Waals surface area (Å²) in [5.74, 6) is -5.10. The molecule has 6 aromatic carbocycles. The van der Waals surface area contributed by atoms with E-state index in [-0.39, 0.29) is 119 Å². The van der Waals surface area contributed by atoms with E-state index in [1.807, 2.05) is 24.3 Å². The molecular weight excluding hydrogens is 1650 g/mol. The fourth-order valence-corrected chi connectivity index (χ4v) is 12.2. The Morgan fingerprint density at radius 1 is 0.442 bits per heavy atom. The molecule has 0 saturated carbocycles. The zero-order valence-corrected chi connectivity index (χ0v) is 78.1. The second kappa shape index (κ2) is 54.2.